The van der Waals surface area contributed by atoms with Crippen LogP contribution >= 0.6 is 12.2 Å². The van der Waals surface area contributed by atoms with Gasteiger partial charge in [-0.1, -0.05) is 39.5 Å². The molecular weight excluding hydrogens is 196 g/mol. The zero-order valence-electron chi connectivity index (χ0n) is 9.29. The van der Waals surface area contributed by atoms with E-state index in [4.69, 9.17) is 17.0 Å². The first kappa shape index (κ1) is 13.8. The zero-order chi connectivity index (χ0) is 10.8. The van der Waals surface area contributed by atoms with Crippen molar-refractivity contribution in [2.24, 2.45) is 0 Å². The van der Waals surface area contributed by atoms with Gasteiger partial charge in [-0.15, -0.1) is 0 Å². The Balaban J connectivity index is 3.34. The van der Waals surface area contributed by atoms with E-state index in [9.17, 15) is 5.11 Å². The van der Waals surface area contributed by atoms with Gasteiger partial charge in [-0.2, -0.15) is 0 Å². The molecule has 0 heterocycles. The van der Waals surface area contributed by atoms with Gasteiger partial charge in [-0.3, -0.25) is 0 Å². The molecule has 2 nitrogen and oxygen atoms in total. The van der Waals surface area contributed by atoms with Gasteiger partial charge in [0.2, 0.25) is 0 Å². The second-order valence-electron chi connectivity index (χ2n) is 3.53. The van der Waals surface area contributed by atoms with E-state index in [1.165, 1.54) is 19.3 Å². The molecule has 0 amide bonds. The second kappa shape index (κ2) is 9.41. The average Bonchev–Trinajstić information content (AvgIpc) is 2.17. The number of aliphatic hydroxyl groups excluding tert-OH is 1. The molecule has 1 N–H and O–H groups in total. The van der Waals surface area contributed by atoms with E-state index in [-0.39, 0.29) is 0 Å². The number of aliphatic hydroxyl groups is 1. The van der Waals surface area contributed by atoms with Gasteiger partial charge in [0.1, 0.15) is 6.10 Å². The molecule has 1 unspecified atom stereocenters. The lowest BCUT2D eigenvalue weighted by Crippen LogP contribution is -2.21. The SMILES string of the molecule is CCCCCCOC(=S)C(O)CCC. The summed E-state index contributed by atoms with van der Waals surface area (Å²) in [5, 5.41) is 9.82. The standard InChI is InChI=1S/C11H22O2S/c1-3-5-6-7-9-13-11(14)10(12)8-4-2/h10,12H,3-9H2,1-2H3. The second-order valence-corrected chi connectivity index (χ2v) is 3.93. The summed E-state index contributed by atoms with van der Waals surface area (Å²) in [6.07, 6.45) is 5.77. The van der Waals surface area contributed by atoms with Crippen molar-refractivity contribution in [3.05, 3.63) is 0 Å². The summed E-state index contributed by atoms with van der Waals surface area (Å²) in [7, 11) is 0. The summed E-state index contributed by atoms with van der Waals surface area (Å²) in [6.45, 7) is 4.85. The van der Waals surface area contributed by atoms with Crippen molar-refractivity contribution < 1.29 is 9.84 Å². The Morgan fingerprint density at radius 1 is 1.21 bits per heavy atom. The largest absolute Gasteiger partial charge is 0.484 e. The molecular formula is C11H22O2S. The molecule has 14 heavy (non-hydrogen) atoms. The third-order valence-electron chi connectivity index (χ3n) is 2.08. The van der Waals surface area contributed by atoms with Crippen LogP contribution in [-0.4, -0.2) is 22.9 Å². The van der Waals surface area contributed by atoms with Crippen LogP contribution in [0.4, 0.5) is 0 Å². The first-order chi connectivity index (χ1) is 6.72. The summed E-state index contributed by atoms with van der Waals surface area (Å²) in [6, 6.07) is 0. The fraction of sp³-hybridized carbons (Fsp3) is 0.909. The summed E-state index contributed by atoms with van der Waals surface area (Å²) < 4.78 is 5.28. The van der Waals surface area contributed by atoms with Gasteiger partial charge in [0, 0.05) is 0 Å². The molecule has 0 radical (unpaired) electrons. The molecule has 0 bridgehead atoms. The lowest BCUT2D eigenvalue weighted by atomic mass is 10.2. The highest BCUT2D eigenvalue weighted by Crippen LogP contribution is 2.03. The minimum Gasteiger partial charge on any atom is -0.484 e. The van der Waals surface area contributed by atoms with Gasteiger partial charge < -0.3 is 9.84 Å². The van der Waals surface area contributed by atoms with Crippen molar-refractivity contribution in [3.8, 4) is 0 Å². The van der Waals surface area contributed by atoms with Gasteiger partial charge in [0.15, 0.2) is 5.05 Å². The van der Waals surface area contributed by atoms with Gasteiger partial charge in [0.25, 0.3) is 0 Å². The van der Waals surface area contributed by atoms with Crippen molar-refractivity contribution >= 4 is 17.3 Å². The maximum atomic E-state index is 9.45. The summed E-state index contributed by atoms with van der Waals surface area (Å²) in [5.41, 5.74) is 0. The number of ether oxygens (including phenoxy) is 1. The van der Waals surface area contributed by atoms with Crippen LogP contribution in [0.5, 0.6) is 0 Å². The van der Waals surface area contributed by atoms with E-state index in [0.29, 0.717) is 18.1 Å². The van der Waals surface area contributed by atoms with E-state index in [2.05, 4.69) is 6.92 Å². The molecule has 0 saturated carbocycles. The van der Waals surface area contributed by atoms with Gasteiger partial charge in [0.05, 0.1) is 6.61 Å². The first-order valence-corrected chi connectivity index (χ1v) is 5.97. The maximum absolute atomic E-state index is 9.45. The number of hydrogen-bond acceptors (Lipinski definition) is 3. The summed E-state index contributed by atoms with van der Waals surface area (Å²) in [4.78, 5) is 0. The van der Waals surface area contributed by atoms with Gasteiger partial charge in [-0.05, 0) is 25.1 Å². The van der Waals surface area contributed by atoms with Crippen molar-refractivity contribution in [2.75, 3.05) is 6.61 Å². The minimum atomic E-state index is -0.554. The summed E-state index contributed by atoms with van der Waals surface area (Å²) in [5.74, 6) is 0. The Hall–Kier alpha value is -0.150. The minimum absolute atomic E-state index is 0.364. The number of unbranched alkanes of at least 4 members (excludes halogenated alkanes) is 3. The quantitative estimate of drug-likeness (QED) is 0.501. The third kappa shape index (κ3) is 7.27. The smallest absolute Gasteiger partial charge is 0.188 e. The fourth-order valence-corrected chi connectivity index (χ4v) is 1.39. The highest BCUT2D eigenvalue weighted by molar-refractivity contribution is 7.80. The van der Waals surface area contributed by atoms with Crippen LogP contribution in [0.1, 0.15) is 52.4 Å². The molecule has 0 aliphatic heterocycles. The van der Waals surface area contributed by atoms with Crippen LogP contribution < -0.4 is 0 Å². The van der Waals surface area contributed by atoms with Gasteiger partial charge in [-0.25, -0.2) is 0 Å². The van der Waals surface area contributed by atoms with Crippen LogP contribution in [-0.2, 0) is 4.74 Å². The van der Waals surface area contributed by atoms with Crippen molar-refractivity contribution in [1.29, 1.82) is 0 Å². The first-order valence-electron chi connectivity index (χ1n) is 5.57. The molecule has 84 valence electrons. The lowest BCUT2D eigenvalue weighted by Gasteiger charge is -2.12. The third-order valence-corrected chi connectivity index (χ3v) is 2.47. The Labute approximate surface area is 92.7 Å². The normalized spacial score (nSPS) is 12.5. The Kier molecular flexibility index (Phi) is 9.31. The number of hydrogen-bond donors (Lipinski definition) is 1. The van der Waals surface area contributed by atoms with E-state index < -0.39 is 6.10 Å². The lowest BCUT2D eigenvalue weighted by molar-refractivity contribution is 0.181. The maximum Gasteiger partial charge on any atom is 0.188 e. The molecule has 0 aromatic heterocycles. The van der Waals surface area contributed by atoms with Crippen molar-refractivity contribution in [2.45, 2.75) is 58.5 Å². The predicted octanol–water partition coefficient (Wildman–Crippen LogP) is 3.07. The van der Waals surface area contributed by atoms with Crippen LogP contribution in [0.2, 0.25) is 0 Å². The highest BCUT2D eigenvalue weighted by atomic mass is 32.1. The topological polar surface area (TPSA) is 29.5 Å². The molecule has 0 spiro atoms. The monoisotopic (exact) mass is 218 g/mol. The van der Waals surface area contributed by atoms with E-state index in [0.717, 1.165) is 12.8 Å². The summed E-state index contributed by atoms with van der Waals surface area (Å²) >= 11 is 4.95. The fourth-order valence-electron chi connectivity index (χ4n) is 1.19. The van der Waals surface area contributed by atoms with E-state index >= 15 is 0 Å². The number of thiocarbonyl (C=S) groups is 1. The van der Waals surface area contributed by atoms with Crippen LogP contribution in [0, 0.1) is 0 Å². The average molecular weight is 218 g/mol. The Bertz CT molecular complexity index is 148. The molecule has 0 aliphatic carbocycles. The van der Waals surface area contributed by atoms with E-state index in [1.807, 2.05) is 6.92 Å². The van der Waals surface area contributed by atoms with Crippen LogP contribution in [0.15, 0.2) is 0 Å². The Morgan fingerprint density at radius 2 is 1.93 bits per heavy atom. The predicted molar refractivity (Wildman–Crippen MR) is 63.6 cm³/mol. The Morgan fingerprint density at radius 3 is 2.50 bits per heavy atom. The number of rotatable bonds is 8. The molecule has 0 rings (SSSR count). The van der Waals surface area contributed by atoms with E-state index in [1.54, 1.807) is 0 Å². The molecule has 3 heteroatoms. The molecule has 0 fully saturated rings. The molecule has 0 aliphatic rings. The molecule has 0 saturated heterocycles. The van der Waals surface area contributed by atoms with Crippen molar-refractivity contribution in [1.82, 2.24) is 0 Å². The molecule has 1 atom stereocenters. The molecule has 0 aromatic carbocycles. The van der Waals surface area contributed by atoms with Crippen molar-refractivity contribution in [3.63, 3.8) is 0 Å². The van der Waals surface area contributed by atoms with Crippen LogP contribution in [0.25, 0.3) is 0 Å². The van der Waals surface area contributed by atoms with Crippen LogP contribution in [0.3, 0.4) is 0 Å². The zero-order valence-corrected chi connectivity index (χ0v) is 10.1. The highest BCUT2D eigenvalue weighted by Gasteiger charge is 2.09. The van der Waals surface area contributed by atoms with Gasteiger partial charge >= 0.3 is 0 Å². The molecule has 0 aromatic rings.